The Hall–Kier alpha value is -3.85. The molecule has 6 nitrogen and oxygen atoms in total. The van der Waals surface area contributed by atoms with Crippen LogP contribution in [0.15, 0.2) is 89.0 Å². The van der Waals surface area contributed by atoms with Gasteiger partial charge in [0.15, 0.2) is 5.17 Å². The minimum absolute atomic E-state index is 0.0575. The van der Waals surface area contributed by atoms with Crippen LogP contribution in [-0.2, 0) is 9.59 Å². The van der Waals surface area contributed by atoms with Gasteiger partial charge in [-0.25, -0.2) is 13.8 Å². The molecule has 0 radical (unpaired) electrons. The molecule has 0 unspecified atom stereocenters. The van der Waals surface area contributed by atoms with Crippen molar-refractivity contribution in [1.29, 1.82) is 0 Å². The molecule has 2 heterocycles. The third-order valence-corrected chi connectivity index (χ3v) is 6.86. The highest BCUT2D eigenvalue weighted by atomic mass is 32.2. The first-order valence-corrected chi connectivity index (χ1v) is 11.9. The number of hydrogen-bond acceptors (Lipinski definition) is 5. The fourth-order valence-electron chi connectivity index (χ4n) is 3.97. The third kappa shape index (κ3) is 5.00. The van der Waals surface area contributed by atoms with Crippen molar-refractivity contribution in [3.63, 3.8) is 0 Å². The Morgan fingerprint density at radius 3 is 2.46 bits per heavy atom. The van der Waals surface area contributed by atoms with Gasteiger partial charge in [0, 0.05) is 12.8 Å². The van der Waals surface area contributed by atoms with Crippen molar-refractivity contribution in [2.75, 3.05) is 5.32 Å². The van der Waals surface area contributed by atoms with Crippen molar-refractivity contribution in [1.82, 2.24) is 5.01 Å². The highest BCUT2D eigenvalue weighted by Gasteiger charge is 2.39. The second kappa shape index (κ2) is 9.79. The average molecular weight is 491 g/mol. The van der Waals surface area contributed by atoms with E-state index in [1.807, 2.05) is 30.3 Å². The van der Waals surface area contributed by atoms with Crippen LogP contribution < -0.4 is 5.32 Å². The zero-order valence-electron chi connectivity index (χ0n) is 18.4. The summed E-state index contributed by atoms with van der Waals surface area (Å²) in [5.74, 6) is -1.83. The van der Waals surface area contributed by atoms with Gasteiger partial charge >= 0.3 is 0 Å². The number of thioether (sulfide) groups is 1. The first-order chi connectivity index (χ1) is 17.0. The van der Waals surface area contributed by atoms with Crippen LogP contribution in [0.3, 0.4) is 0 Å². The number of amides is 2. The number of carbonyl (C=O) groups excluding carboxylic acids is 2. The maximum absolute atomic E-state index is 13.9. The van der Waals surface area contributed by atoms with Gasteiger partial charge in [-0.05, 0) is 35.4 Å². The molecule has 3 aromatic rings. The molecule has 35 heavy (non-hydrogen) atoms. The summed E-state index contributed by atoms with van der Waals surface area (Å²) >= 11 is 1.15. The van der Waals surface area contributed by atoms with Crippen LogP contribution in [0.1, 0.15) is 30.0 Å². The molecule has 0 fully saturated rings. The van der Waals surface area contributed by atoms with Gasteiger partial charge in [-0.1, -0.05) is 66.4 Å². The fourth-order valence-corrected chi connectivity index (χ4v) is 5.03. The van der Waals surface area contributed by atoms with E-state index in [9.17, 15) is 18.4 Å². The molecule has 1 N–H and O–H groups in total. The van der Waals surface area contributed by atoms with Gasteiger partial charge in [-0.2, -0.15) is 10.1 Å². The molecule has 9 heteroatoms. The lowest BCUT2D eigenvalue weighted by Crippen LogP contribution is -2.25. The molecule has 2 atom stereocenters. The monoisotopic (exact) mass is 490 g/mol. The summed E-state index contributed by atoms with van der Waals surface area (Å²) in [6, 6.07) is 21.4. The van der Waals surface area contributed by atoms with Crippen LogP contribution in [0.5, 0.6) is 0 Å². The van der Waals surface area contributed by atoms with Crippen LogP contribution >= 0.6 is 11.8 Å². The van der Waals surface area contributed by atoms with E-state index in [0.717, 1.165) is 28.6 Å². The Kier molecular flexibility index (Phi) is 6.41. The van der Waals surface area contributed by atoms with Crippen molar-refractivity contribution in [2.24, 2.45) is 10.1 Å². The van der Waals surface area contributed by atoms with Gasteiger partial charge in [0.25, 0.3) is 5.91 Å². The number of amidine groups is 1. The van der Waals surface area contributed by atoms with Crippen molar-refractivity contribution < 1.29 is 18.4 Å². The van der Waals surface area contributed by atoms with E-state index >= 15 is 0 Å². The normalized spacial score (nSPS) is 19.5. The summed E-state index contributed by atoms with van der Waals surface area (Å²) in [7, 11) is 0. The number of aliphatic imine (C=N–C) groups is 1. The SMILES string of the molecule is O=C(C[C@@H]1SC(N2N=C(c3ccccc3)C[C@@H]2c2ccc(F)cc2)=NC1=O)Nc1ccccc1F. The second-order valence-electron chi connectivity index (χ2n) is 8.10. The number of rotatable bonds is 5. The molecule has 0 spiro atoms. The molecule has 2 aliphatic heterocycles. The Morgan fingerprint density at radius 1 is 1.00 bits per heavy atom. The summed E-state index contributed by atoms with van der Waals surface area (Å²) < 4.78 is 27.4. The highest BCUT2D eigenvalue weighted by Crippen LogP contribution is 2.38. The standard InChI is InChI=1S/C26H20F2N4O2S/c27-18-12-10-17(11-13-18)22-14-21(16-6-2-1-3-7-16)31-32(22)26-30-25(34)23(35-26)15-24(33)29-20-9-5-4-8-19(20)28/h1-13,22-23H,14-15H2,(H,29,33)/t22-,23+/m1/s1. The zero-order valence-corrected chi connectivity index (χ0v) is 19.2. The molecule has 0 aliphatic carbocycles. The van der Waals surface area contributed by atoms with Gasteiger partial charge in [0.1, 0.15) is 16.9 Å². The first-order valence-electron chi connectivity index (χ1n) is 11.0. The lowest BCUT2D eigenvalue weighted by atomic mass is 9.99. The maximum Gasteiger partial charge on any atom is 0.262 e. The lowest BCUT2D eigenvalue weighted by Gasteiger charge is -2.23. The Bertz CT molecular complexity index is 1330. The van der Waals surface area contributed by atoms with Gasteiger partial charge in [-0.3, -0.25) is 9.59 Å². The van der Waals surface area contributed by atoms with Crippen molar-refractivity contribution in [3.05, 3.63) is 102 Å². The van der Waals surface area contributed by atoms with E-state index in [4.69, 9.17) is 5.10 Å². The number of carbonyl (C=O) groups is 2. The van der Waals surface area contributed by atoms with E-state index in [0.29, 0.717) is 11.6 Å². The molecule has 2 amide bonds. The maximum atomic E-state index is 13.9. The van der Waals surface area contributed by atoms with E-state index < -0.39 is 22.9 Å². The third-order valence-electron chi connectivity index (χ3n) is 5.72. The van der Waals surface area contributed by atoms with E-state index in [1.165, 1.54) is 30.3 Å². The van der Waals surface area contributed by atoms with E-state index in [-0.39, 0.29) is 24.0 Å². The minimum Gasteiger partial charge on any atom is -0.324 e. The Labute approximate surface area is 204 Å². The van der Waals surface area contributed by atoms with Crippen LogP contribution in [0.2, 0.25) is 0 Å². The smallest absolute Gasteiger partial charge is 0.262 e. The van der Waals surface area contributed by atoms with Crippen molar-refractivity contribution in [2.45, 2.75) is 24.1 Å². The molecule has 3 aromatic carbocycles. The zero-order chi connectivity index (χ0) is 24.4. The average Bonchev–Trinajstić information content (AvgIpc) is 3.46. The molecule has 0 aromatic heterocycles. The molecule has 0 saturated heterocycles. The topological polar surface area (TPSA) is 74.1 Å². The molecular formula is C26H20F2N4O2S. The van der Waals surface area contributed by atoms with Gasteiger partial charge in [-0.15, -0.1) is 0 Å². The Morgan fingerprint density at radius 2 is 1.71 bits per heavy atom. The summed E-state index contributed by atoms with van der Waals surface area (Å²) in [6.07, 6.45) is 0.386. The van der Waals surface area contributed by atoms with Crippen LogP contribution in [0.25, 0.3) is 0 Å². The number of benzene rings is 3. The second-order valence-corrected chi connectivity index (χ2v) is 9.27. The number of nitrogens with one attached hydrogen (secondary N) is 1. The number of hydrogen-bond donors (Lipinski definition) is 1. The summed E-state index contributed by atoms with van der Waals surface area (Å²) in [4.78, 5) is 29.3. The Balaban J connectivity index is 1.35. The van der Waals surface area contributed by atoms with Crippen LogP contribution in [0, 0.1) is 11.6 Å². The number of nitrogens with zero attached hydrogens (tertiary/aromatic N) is 3. The molecule has 176 valence electrons. The molecule has 0 bridgehead atoms. The predicted molar refractivity (Wildman–Crippen MR) is 132 cm³/mol. The first kappa shape index (κ1) is 22.9. The summed E-state index contributed by atoms with van der Waals surface area (Å²) in [5, 5.41) is 8.55. The largest absolute Gasteiger partial charge is 0.324 e. The number of halogens is 2. The molecule has 5 rings (SSSR count). The fraction of sp³-hybridized carbons (Fsp3) is 0.154. The molecular weight excluding hydrogens is 470 g/mol. The number of anilines is 1. The van der Waals surface area contributed by atoms with Crippen LogP contribution in [-0.4, -0.2) is 33.0 Å². The predicted octanol–water partition coefficient (Wildman–Crippen LogP) is 5.14. The highest BCUT2D eigenvalue weighted by molar-refractivity contribution is 8.15. The van der Waals surface area contributed by atoms with Crippen LogP contribution in [0.4, 0.5) is 14.5 Å². The van der Waals surface area contributed by atoms with Gasteiger partial charge < -0.3 is 5.32 Å². The van der Waals surface area contributed by atoms with Gasteiger partial charge in [0.2, 0.25) is 5.91 Å². The molecule has 0 saturated carbocycles. The number of hydrazone groups is 1. The summed E-state index contributed by atoms with van der Waals surface area (Å²) in [5.41, 5.74) is 2.65. The van der Waals surface area contributed by atoms with Gasteiger partial charge in [0.05, 0.1) is 17.4 Å². The molecule has 2 aliphatic rings. The summed E-state index contributed by atoms with van der Waals surface area (Å²) in [6.45, 7) is 0. The van der Waals surface area contributed by atoms with Crippen molar-refractivity contribution >= 4 is 40.1 Å². The van der Waals surface area contributed by atoms with Crippen molar-refractivity contribution in [3.8, 4) is 0 Å². The quantitative estimate of drug-likeness (QED) is 0.537. The minimum atomic E-state index is -0.749. The van der Waals surface area contributed by atoms with E-state index in [2.05, 4.69) is 10.3 Å². The van der Waals surface area contributed by atoms with E-state index in [1.54, 1.807) is 23.2 Å². The number of para-hydroxylation sites is 1. The lowest BCUT2D eigenvalue weighted by molar-refractivity contribution is -0.121.